The van der Waals surface area contributed by atoms with Crippen LogP contribution >= 0.6 is 47.4 Å². The van der Waals surface area contributed by atoms with Crippen LogP contribution in [0.4, 0.5) is 25.2 Å². The lowest BCUT2D eigenvalue weighted by Gasteiger charge is -2.15. The van der Waals surface area contributed by atoms with Gasteiger partial charge >= 0.3 is 0 Å². The highest BCUT2D eigenvalue weighted by atomic mass is 31.2. The van der Waals surface area contributed by atoms with E-state index in [0.29, 0.717) is 0 Å². The van der Waals surface area contributed by atoms with Gasteiger partial charge < -0.3 is 86.1 Å². The van der Waals surface area contributed by atoms with E-state index in [1.807, 2.05) is 0 Å². The van der Waals surface area contributed by atoms with Gasteiger partial charge in [-0.3, -0.25) is 0 Å². The minimum atomic E-state index is -5.64. The van der Waals surface area contributed by atoms with Gasteiger partial charge in [-0.2, -0.15) is 0 Å². The fourth-order valence-corrected chi connectivity index (χ4v) is 11.2. The van der Waals surface area contributed by atoms with Crippen molar-refractivity contribution in [1.29, 1.82) is 0 Å². The Balaban J connectivity index is -0.000000336. The molecule has 12 heterocycles. The van der Waals surface area contributed by atoms with Crippen molar-refractivity contribution in [1.82, 2.24) is 54.8 Å². The largest absolute Gasteiger partial charge is 0.786 e. The second kappa shape index (κ2) is 70.6. The topological polar surface area (TPSA) is 485 Å². The third-order valence-electron chi connectivity index (χ3n) is 20.8. The van der Waals surface area contributed by atoms with Gasteiger partial charge in [-0.05, 0) is 83.1 Å². The van der Waals surface area contributed by atoms with E-state index in [1.165, 1.54) is 69.9 Å². The first kappa shape index (κ1) is 140. The monoisotopic (exact) mass is 2090 g/mol. The van der Waals surface area contributed by atoms with Gasteiger partial charge in [0.2, 0.25) is 0 Å². The molecule has 0 fully saturated rings. The van der Waals surface area contributed by atoms with Crippen LogP contribution in [0.1, 0.15) is 153 Å². The molecule has 12 aromatic rings. The van der Waals surface area contributed by atoms with Crippen LogP contribution in [0, 0.1) is 83.1 Å². The van der Waals surface area contributed by atoms with Gasteiger partial charge in [-0.1, -0.05) is 0 Å². The maximum atomic E-state index is 10.1. The molecule has 0 spiro atoms. The summed E-state index contributed by atoms with van der Waals surface area (Å²) in [6, 6.07) is 0. The lowest BCUT2D eigenvalue weighted by atomic mass is 10.6. The first-order valence-corrected chi connectivity index (χ1v) is 52.1. The van der Waals surface area contributed by atoms with Gasteiger partial charge in [-0.25, -0.2) is 135 Å². The lowest BCUT2D eigenvalue weighted by molar-refractivity contribution is -0.699. The van der Waals surface area contributed by atoms with Gasteiger partial charge in [0.1, 0.15) is 196 Å². The Morgan fingerprint density at radius 1 is 0.167 bits per heavy atom. The molecule has 12 aromatic heterocycles. The summed E-state index contributed by atoms with van der Waals surface area (Å²) in [6.45, 7) is 63.9. The van der Waals surface area contributed by atoms with Crippen LogP contribution in [0.2, 0.25) is 0 Å². The van der Waals surface area contributed by atoms with Crippen LogP contribution in [0.5, 0.6) is 0 Å². The summed E-state index contributed by atoms with van der Waals surface area (Å²) in [5.74, 6) is 15.6. The Morgan fingerprint density at radius 2 is 0.210 bits per heavy atom. The molecule has 0 aliphatic rings. The van der Waals surface area contributed by atoms with E-state index < -0.39 is 47.4 Å². The number of hydrogen-bond donors (Lipinski definition) is 0. The predicted octanol–water partition coefficient (Wildman–Crippen LogP) is 0.399. The first-order valence-electron chi connectivity index (χ1n) is 43.5. The molecule has 12 rings (SSSR count). The number of nitrogens with zero attached hydrogens (tertiary/aromatic N) is 24. The van der Waals surface area contributed by atoms with E-state index in [4.69, 9.17) is 86.1 Å². The molecule has 0 aliphatic carbocycles. The third-order valence-corrected chi connectivity index (χ3v) is 20.8. The summed E-state index contributed by atoms with van der Waals surface area (Å²) < 4.78 is 163. The van der Waals surface area contributed by atoms with E-state index in [9.17, 15) is 25.2 Å². The molecule has 0 radical (unpaired) electrons. The van der Waals surface area contributed by atoms with Crippen LogP contribution in [-0.2, 0) is 190 Å². The molecular weight excluding hydrogens is 1930 g/mol. The first-order chi connectivity index (χ1) is 63.0. The number of halogens is 6. The highest BCUT2D eigenvalue weighted by molar-refractivity contribution is 7.43. The lowest BCUT2D eigenvalue weighted by Crippen LogP contribution is -2.33. The summed E-state index contributed by atoms with van der Waals surface area (Å²) in [5.41, 5.74) is 0. The normalized spacial score (nSPS) is 10.5. The Labute approximate surface area is 812 Å². The highest BCUT2D eigenvalue weighted by Gasteiger charge is 2.13. The number of aryl methyl sites for hydroxylation is 24. The molecule has 0 saturated carbocycles. The summed E-state index contributed by atoms with van der Waals surface area (Å²) in [6.07, 6.45) is 49.9. The number of hydrogen-bond acceptors (Lipinski definition) is 18. The zero-order valence-corrected chi connectivity index (χ0v) is 92.7. The molecule has 54 heteroatoms. The quantitative estimate of drug-likeness (QED) is 0.0907. The zero-order valence-electron chi connectivity index (χ0n) is 87.4. The smallest absolute Gasteiger partial charge is 0.252 e. The van der Waals surface area contributed by atoms with Gasteiger partial charge in [0.05, 0.1) is 163 Å². The molecule has 0 atom stereocenters. The molecule has 0 amide bonds. The molecule has 0 saturated heterocycles. The maximum Gasteiger partial charge on any atom is 0.252 e. The molecule has 0 bridgehead atoms. The number of rotatable bonds is 12. The van der Waals surface area contributed by atoms with Crippen molar-refractivity contribution < 1.29 is 166 Å². The average Bonchev–Trinajstić information content (AvgIpc) is 1.84. The van der Waals surface area contributed by atoms with Crippen LogP contribution in [0.15, 0.2) is 149 Å². The van der Waals surface area contributed by atoms with Crippen molar-refractivity contribution in [3.63, 3.8) is 0 Å². The fourth-order valence-electron chi connectivity index (χ4n) is 11.2. The second-order valence-electron chi connectivity index (χ2n) is 29.5. The average molecular weight is 2090 g/mol. The standard InChI is InChI=1S/12C7H13N2.6FH2O3P/c12*1-4-9-6-5-8(3)7(9)2;6*1-5(2,3)4/h12*5-6H,4H2,1-3H3;6*(H2,2,3,4)/q12*+1;;;;;;/p-12. The minimum Gasteiger partial charge on any atom is -0.786 e. The Kier molecular flexibility index (Phi) is 71.5. The Hall–Kier alpha value is -9.00. The van der Waals surface area contributed by atoms with Crippen molar-refractivity contribution in [2.75, 3.05) is 0 Å². The molecule has 42 nitrogen and oxygen atoms in total. The second-order valence-corrected chi connectivity index (χ2v) is 34.7. The number of imidazole rings is 12. The third kappa shape index (κ3) is 69.0. The van der Waals surface area contributed by atoms with Crippen LogP contribution in [0.3, 0.4) is 0 Å². The fraction of sp³-hybridized carbons (Fsp3) is 0.571. The summed E-state index contributed by atoms with van der Waals surface area (Å²) in [4.78, 5) is 101. The SMILES string of the molecule is CC[n+]1ccn(C)c1C.CC[n+]1ccn(C)c1C.CC[n+]1ccn(C)c1C.CC[n+]1ccn(C)c1C.CC[n+]1ccn(C)c1C.CC[n+]1ccn(C)c1C.CC[n+]1ccn(C)c1C.CC[n+]1ccn(C)c1C.CC[n+]1ccn(C)c1C.CC[n+]1ccn(C)c1C.CC[n+]1ccn(C)c1C.CC[n+]1ccn(C)c1C.O=P([O-])([O-])F.O=P([O-])([O-])F.O=P([O-])([O-])F.O=P([O-])([O-])F.O=P([O-])([O-])F.O=P([O-])([O-])F. The van der Waals surface area contributed by atoms with Gasteiger partial charge in [0.15, 0.2) is 0 Å². The van der Waals surface area contributed by atoms with Gasteiger partial charge in [0, 0.05) is 83.1 Å². The van der Waals surface area contributed by atoms with Crippen LogP contribution < -0.4 is 114 Å². The van der Waals surface area contributed by atoms with Crippen molar-refractivity contribution in [2.45, 2.75) is 245 Å². The summed E-state index contributed by atoms with van der Waals surface area (Å²) >= 11 is 0. The van der Waals surface area contributed by atoms with Crippen molar-refractivity contribution in [3.8, 4) is 0 Å². The van der Waals surface area contributed by atoms with E-state index in [-0.39, 0.29) is 0 Å². The van der Waals surface area contributed by atoms with Crippen molar-refractivity contribution in [2.24, 2.45) is 84.6 Å². The van der Waals surface area contributed by atoms with E-state index in [0.717, 1.165) is 78.5 Å². The van der Waals surface area contributed by atoms with Crippen LogP contribution in [-0.4, -0.2) is 54.8 Å². The van der Waals surface area contributed by atoms with Gasteiger partial charge in [-0.15, -0.1) is 0 Å². The molecule has 792 valence electrons. The molecular formula is C84H156F6N24O18P6. The minimum absolute atomic E-state index is 1.06. The maximum absolute atomic E-state index is 10.1. The van der Waals surface area contributed by atoms with Gasteiger partial charge in [0.25, 0.3) is 69.9 Å². The summed E-state index contributed by atoms with van der Waals surface area (Å²) in [7, 11) is -9.15. The van der Waals surface area contributed by atoms with Crippen LogP contribution in [0.25, 0.3) is 0 Å². The summed E-state index contributed by atoms with van der Waals surface area (Å²) in [5, 5.41) is 0. The van der Waals surface area contributed by atoms with E-state index in [1.54, 1.807) is 0 Å². The van der Waals surface area contributed by atoms with Crippen molar-refractivity contribution in [3.05, 3.63) is 219 Å². The Bertz CT molecular complexity index is 4440. The molecule has 138 heavy (non-hydrogen) atoms. The number of aromatic nitrogens is 24. The zero-order chi connectivity index (χ0) is 109. The van der Waals surface area contributed by atoms with E-state index in [2.05, 4.69) is 509 Å². The van der Waals surface area contributed by atoms with E-state index >= 15 is 0 Å². The molecule has 0 aromatic carbocycles. The molecule has 0 N–H and O–H groups in total. The predicted molar refractivity (Wildman–Crippen MR) is 485 cm³/mol. The molecule has 0 aliphatic heterocycles. The molecule has 0 unspecified atom stereocenters. The Morgan fingerprint density at radius 3 is 0.225 bits per heavy atom. The van der Waals surface area contributed by atoms with Crippen molar-refractivity contribution >= 4 is 47.4 Å². The highest BCUT2D eigenvalue weighted by Crippen LogP contribution is 2.25.